The monoisotopic (exact) mass is 359 g/mol. The Morgan fingerprint density at radius 2 is 1.96 bits per heavy atom. The fourth-order valence-corrected chi connectivity index (χ4v) is 4.30. The van der Waals surface area contributed by atoms with Crippen LogP contribution < -0.4 is 16.0 Å². The molecule has 1 aromatic heterocycles. The number of nitrogens with two attached hydrogens (primary N) is 1. The Labute approximate surface area is 152 Å². The molecule has 8 heteroatoms. The molecule has 1 amide bonds. The minimum absolute atomic E-state index is 0.121. The number of hydrogen-bond acceptors (Lipinski definition) is 6. The predicted octanol–water partition coefficient (Wildman–Crippen LogP) is 2.34. The lowest BCUT2D eigenvalue weighted by Crippen LogP contribution is -2.38. The van der Waals surface area contributed by atoms with Gasteiger partial charge in [-0.2, -0.15) is 0 Å². The molecule has 3 aliphatic rings. The number of pyridine rings is 1. The molecule has 1 aromatic rings. The Bertz CT molecular complexity index is 735. The van der Waals surface area contributed by atoms with Gasteiger partial charge in [0.2, 0.25) is 5.82 Å². The van der Waals surface area contributed by atoms with Crippen molar-refractivity contribution in [2.75, 3.05) is 23.7 Å². The summed E-state index contributed by atoms with van der Waals surface area (Å²) in [5.74, 6) is 2.08. The van der Waals surface area contributed by atoms with E-state index in [-0.39, 0.29) is 29.0 Å². The van der Waals surface area contributed by atoms with E-state index >= 15 is 0 Å². The van der Waals surface area contributed by atoms with Crippen LogP contribution in [0.4, 0.5) is 17.3 Å². The Kier molecular flexibility index (Phi) is 4.20. The van der Waals surface area contributed by atoms with Crippen molar-refractivity contribution in [2.45, 2.75) is 45.1 Å². The first-order valence-electron chi connectivity index (χ1n) is 9.43. The van der Waals surface area contributed by atoms with Crippen LogP contribution in [-0.4, -0.2) is 34.9 Å². The van der Waals surface area contributed by atoms with E-state index in [0.717, 1.165) is 38.8 Å². The number of fused-ring (bicyclic) bond motifs is 1. The van der Waals surface area contributed by atoms with E-state index < -0.39 is 4.92 Å². The van der Waals surface area contributed by atoms with E-state index in [1.54, 1.807) is 0 Å². The fourth-order valence-electron chi connectivity index (χ4n) is 4.30. The summed E-state index contributed by atoms with van der Waals surface area (Å²) in [5.41, 5.74) is 5.76. The third-order valence-corrected chi connectivity index (χ3v) is 6.08. The summed E-state index contributed by atoms with van der Waals surface area (Å²) in [6.07, 6.45) is 5.29. The number of nitro groups is 1. The van der Waals surface area contributed by atoms with Gasteiger partial charge in [-0.15, -0.1) is 0 Å². The van der Waals surface area contributed by atoms with Gasteiger partial charge >= 0.3 is 5.69 Å². The molecular weight excluding hydrogens is 334 g/mol. The summed E-state index contributed by atoms with van der Waals surface area (Å²) in [5, 5.41) is 14.3. The van der Waals surface area contributed by atoms with E-state index in [9.17, 15) is 14.9 Å². The van der Waals surface area contributed by atoms with Crippen molar-refractivity contribution in [1.29, 1.82) is 0 Å². The molecule has 3 fully saturated rings. The summed E-state index contributed by atoms with van der Waals surface area (Å²) < 4.78 is 0. The number of hydrogen-bond donors (Lipinski definition) is 2. The number of carbonyl (C=O) groups is 1. The maximum atomic E-state index is 12.9. The third kappa shape index (κ3) is 3.20. The molecule has 1 saturated heterocycles. The first-order chi connectivity index (χ1) is 12.4. The fraction of sp³-hybridized carbons (Fsp3) is 0.667. The number of nitrogen functional groups attached to an aromatic ring is 1. The van der Waals surface area contributed by atoms with Crippen molar-refractivity contribution in [2.24, 2.45) is 17.8 Å². The summed E-state index contributed by atoms with van der Waals surface area (Å²) in [6.45, 7) is 3.91. The van der Waals surface area contributed by atoms with Gasteiger partial charge in [0.05, 0.1) is 10.5 Å². The molecule has 3 N–H and O–H groups in total. The van der Waals surface area contributed by atoms with E-state index in [1.165, 1.54) is 12.5 Å². The maximum Gasteiger partial charge on any atom is 0.312 e. The van der Waals surface area contributed by atoms with E-state index in [2.05, 4.69) is 22.1 Å². The number of piperidine rings is 1. The van der Waals surface area contributed by atoms with Crippen LogP contribution in [0.25, 0.3) is 0 Å². The van der Waals surface area contributed by atoms with Gasteiger partial charge in [0.15, 0.2) is 0 Å². The molecule has 0 bridgehead atoms. The SMILES string of the molecule is C[C@H]1CC[C@H](NC(=O)c2cc([N+](=O)[O-])c(N)nc2N2CC3CC3C2)CC1. The van der Waals surface area contributed by atoms with Crippen molar-refractivity contribution in [3.63, 3.8) is 0 Å². The van der Waals surface area contributed by atoms with Crippen molar-refractivity contribution >= 4 is 23.2 Å². The second-order valence-corrected chi connectivity index (χ2v) is 8.11. The quantitative estimate of drug-likeness (QED) is 0.630. The predicted molar refractivity (Wildman–Crippen MR) is 98.0 cm³/mol. The highest BCUT2D eigenvalue weighted by Crippen LogP contribution is 2.47. The normalized spacial score (nSPS) is 30.0. The smallest absolute Gasteiger partial charge is 0.312 e. The average molecular weight is 359 g/mol. The Morgan fingerprint density at radius 3 is 2.58 bits per heavy atom. The van der Waals surface area contributed by atoms with E-state index in [4.69, 9.17) is 5.73 Å². The highest BCUT2D eigenvalue weighted by atomic mass is 16.6. The van der Waals surface area contributed by atoms with Gasteiger partial charge in [0.1, 0.15) is 5.82 Å². The van der Waals surface area contributed by atoms with Crippen molar-refractivity contribution < 1.29 is 9.72 Å². The molecule has 140 valence electrons. The third-order valence-electron chi connectivity index (χ3n) is 6.08. The molecule has 4 rings (SSSR count). The van der Waals surface area contributed by atoms with Gasteiger partial charge in [-0.05, 0) is 49.9 Å². The van der Waals surface area contributed by atoms with Crippen LogP contribution in [0.15, 0.2) is 6.07 Å². The lowest BCUT2D eigenvalue weighted by molar-refractivity contribution is -0.384. The average Bonchev–Trinajstić information content (AvgIpc) is 3.21. The second-order valence-electron chi connectivity index (χ2n) is 8.11. The number of anilines is 2. The van der Waals surface area contributed by atoms with E-state index in [1.807, 2.05) is 0 Å². The summed E-state index contributed by atoms with van der Waals surface area (Å²) >= 11 is 0. The van der Waals surface area contributed by atoms with Gasteiger partial charge in [-0.3, -0.25) is 14.9 Å². The molecular formula is C18H25N5O3. The van der Waals surface area contributed by atoms with Crippen LogP contribution in [-0.2, 0) is 0 Å². The van der Waals surface area contributed by atoms with Gasteiger partial charge < -0.3 is 16.0 Å². The maximum absolute atomic E-state index is 12.9. The standard InChI is InChI=1S/C18H25N5O3/c1-10-2-4-13(5-3-10)20-18(24)14-7-15(23(25)26)16(19)21-17(14)22-8-11-6-12(11)9-22/h7,10-13H,2-6,8-9H2,1H3,(H2,19,21)(H,20,24)/t10-,11?,12?,13-. The van der Waals surface area contributed by atoms with Crippen molar-refractivity contribution in [1.82, 2.24) is 10.3 Å². The molecule has 2 aliphatic carbocycles. The Morgan fingerprint density at radius 1 is 1.31 bits per heavy atom. The summed E-state index contributed by atoms with van der Waals surface area (Å²) in [6, 6.07) is 1.41. The molecule has 0 radical (unpaired) electrons. The highest BCUT2D eigenvalue weighted by Gasteiger charge is 2.46. The van der Waals surface area contributed by atoms with Crippen molar-refractivity contribution in [3.05, 3.63) is 21.7 Å². The minimum Gasteiger partial charge on any atom is -0.378 e. The molecule has 0 spiro atoms. The topological polar surface area (TPSA) is 114 Å². The first kappa shape index (κ1) is 17.1. The zero-order valence-electron chi connectivity index (χ0n) is 15.0. The Balaban J connectivity index is 1.60. The van der Waals surface area contributed by atoms with Gasteiger partial charge in [0.25, 0.3) is 5.91 Å². The molecule has 2 heterocycles. The number of rotatable bonds is 4. The molecule has 26 heavy (non-hydrogen) atoms. The molecule has 1 aliphatic heterocycles. The lowest BCUT2D eigenvalue weighted by atomic mass is 9.87. The number of nitrogens with zero attached hydrogens (tertiary/aromatic N) is 3. The zero-order chi connectivity index (χ0) is 18.4. The molecule has 2 saturated carbocycles. The van der Waals surface area contributed by atoms with Crippen LogP contribution in [0.3, 0.4) is 0 Å². The summed E-state index contributed by atoms with van der Waals surface area (Å²) in [7, 11) is 0. The first-order valence-corrected chi connectivity index (χ1v) is 9.43. The lowest BCUT2D eigenvalue weighted by Gasteiger charge is -2.28. The van der Waals surface area contributed by atoms with Crippen LogP contribution in [0.2, 0.25) is 0 Å². The van der Waals surface area contributed by atoms with Gasteiger partial charge in [0, 0.05) is 25.2 Å². The van der Waals surface area contributed by atoms with Crippen LogP contribution >= 0.6 is 0 Å². The van der Waals surface area contributed by atoms with Gasteiger partial charge in [-0.25, -0.2) is 4.98 Å². The van der Waals surface area contributed by atoms with Crippen LogP contribution in [0, 0.1) is 27.9 Å². The number of aromatic nitrogens is 1. The Hall–Kier alpha value is -2.38. The molecule has 8 nitrogen and oxygen atoms in total. The molecule has 2 unspecified atom stereocenters. The number of nitrogens with one attached hydrogen (secondary N) is 1. The number of carbonyl (C=O) groups excluding carboxylic acids is 1. The zero-order valence-corrected chi connectivity index (χ0v) is 15.0. The molecule has 2 atom stereocenters. The summed E-state index contributed by atoms with van der Waals surface area (Å²) in [4.78, 5) is 29.9. The van der Waals surface area contributed by atoms with E-state index in [0.29, 0.717) is 23.6 Å². The highest BCUT2D eigenvalue weighted by molar-refractivity contribution is 6.00. The largest absolute Gasteiger partial charge is 0.378 e. The van der Waals surface area contributed by atoms with Crippen LogP contribution in [0.1, 0.15) is 49.4 Å². The number of amides is 1. The minimum atomic E-state index is -0.577. The molecule has 0 aromatic carbocycles. The van der Waals surface area contributed by atoms with Gasteiger partial charge in [-0.1, -0.05) is 6.92 Å². The van der Waals surface area contributed by atoms with Crippen LogP contribution in [0.5, 0.6) is 0 Å². The second kappa shape index (κ2) is 6.41. The van der Waals surface area contributed by atoms with Crippen molar-refractivity contribution in [3.8, 4) is 0 Å².